The number of rotatable bonds is 1. The van der Waals surface area contributed by atoms with Crippen LogP contribution in [0.4, 0.5) is 5.82 Å². The zero-order valence-electron chi connectivity index (χ0n) is 6.81. The molecule has 0 saturated heterocycles. The van der Waals surface area contributed by atoms with Crippen molar-refractivity contribution in [3.63, 3.8) is 0 Å². The third kappa shape index (κ3) is 1.13. The van der Waals surface area contributed by atoms with Crippen molar-refractivity contribution >= 4 is 33.2 Å². The Bertz CT molecular complexity index is 522. The molecule has 0 fully saturated rings. The average Bonchev–Trinajstić information content (AvgIpc) is 2.45. The van der Waals surface area contributed by atoms with Gasteiger partial charge in [0.2, 0.25) is 5.82 Å². The van der Waals surface area contributed by atoms with E-state index in [2.05, 4.69) is 25.9 Å². The Labute approximate surface area is 86.5 Å². The van der Waals surface area contributed by atoms with E-state index >= 15 is 0 Å². The van der Waals surface area contributed by atoms with Gasteiger partial charge in [0, 0.05) is 12.4 Å². The van der Waals surface area contributed by atoms with Crippen molar-refractivity contribution in [2.24, 2.45) is 0 Å². The van der Waals surface area contributed by atoms with Gasteiger partial charge >= 0.3 is 5.97 Å². The molecule has 0 aliphatic carbocycles. The van der Waals surface area contributed by atoms with Crippen LogP contribution in [-0.4, -0.2) is 25.4 Å². The molecule has 0 amide bonds. The minimum absolute atomic E-state index is 0.0963. The lowest BCUT2D eigenvalue weighted by Gasteiger charge is -1.97. The van der Waals surface area contributed by atoms with Crippen molar-refractivity contribution < 1.29 is 9.90 Å². The number of carboxylic acid groups (broad SMARTS) is 1. The Balaban J connectivity index is 2.91. The van der Waals surface area contributed by atoms with Crippen LogP contribution >= 0.6 is 15.9 Å². The van der Waals surface area contributed by atoms with Gasteiger partial charge in [-0.25, -0.2) is 14.8 Å². The van der Waals surface area contributed by atoms with Crippen molar-refractivity contribution in [3.8, 4) is 0 Å². The molecule has 0 saturated carbocycles. The van der Waals surface area contributed by atoms with Crippen LogP contribution in [0.5, 0.6) is 0 Å². The van der Waals surface area contributed by atoms with Crippen LogP contribution in [0.2, 0.25) is 0 Å². The summed E-state index contributed by atoms with van der Waals surface area (Å²) in [6.45, 7) is 0. The number of nitrogens with zero attached hydrogens (tertiary/aromatic N) is 3. The van der Waals surface area contributed by atoms with Gasteiger partial charge in [0.25, 0.3) is 0 Å². The van der Waals surface area contributed by atoms with Gasteiger partial charge in [-0.05, 0) is 15.9 Å². The molecule has 0 bridgehead atoms. The highest BCUT2D eigenvalue weighted by Gasteiger charge is 2.16. The molecule has 0 atom stereocenters. The van der Waals surface area contributed by atoms with E-state index in [0.29, 0.717) is 10.1 Å². The molecule has 2 heterocycles. The Kier molecular flexibility index (Phi) is 1.88. The first-order valence-electron chi connectivity index (χ1n) is 3.62. The van der Waals surface area contributed by atoms with E-state index in [0.717, 1.165) is 0 Å². The van der Waals surface area contributed by atoms with E-state index in [1.807, 2.05) is 0 Å². The highest BCUT2D eigenvalue weighted by molar-refractivity contribution is 9.10. The summed E-state index contributed by atoms with van der Waals surface area (Å²) in [5.74, 6) is -0.975. The van der Waals surface area contributed by atoms with Crippen LogP contribution in [0, 0.1) is 0 Å². The van der Waals surface area contributed by atoms with E-state index in [4.69, 9.17) is 10.8 Å². The highest BCUT2D eigenvalue weighted by Crippen LogP contribution is 2.22. The lowest BCUT2D eigenvalue weighted by molar-refractivity contribution is 0.0682. The maximum absolute atomic E-state index is 10.8. The lowest BCUT2D eigenvalue weighted by atomic mass is 10.5. The molecule has 3 N–H and O–H groups in total. The average molecular weight is 257 g/mol. The number of anilines is 1. The normalized spacial score (nSPS) is 10.6. The van der Waals surface area contributed by atoms with Crippen molar-refractivity contribution in [1.82, 2.24) is 14.4 Å². The standard InChI is InChI=1S/C7H5BrN4O2/c8-4-3-5(9)10-1-2-12(3)6(11-4)7(13)14/h1-2H,(H2,9,10)(H,13,14). The SMILES string of the molecule is Nc1nccn2c(C(=O)O)nc(Br)c12. The van der Waals surface area contributed by atoms with Gasteiger partial charge in [0.1, 0.15) is 10.1 Å². The van der Waals surface area contributed by atoms with E-state index in [-0.39, 0.29) is 11.6 Å². The maximum Gasteiger partial charge on any atom is 0.372 e. The Morgan fingerprint density at radius 1 is 1.64 bits per heavy atom. The fourth-order valence-corrected chi connectivity index (χ4v) is 1.73. The van der Waals surface area contributed by atoms with Crippen molar-refractivity contribution in [3.05, 3.63) is 22.8 Å². The van der Waals surface area contributed by atoms with Crippen LogP contribution in [0.1, 0.15) is 10.6 Å². The molecule has 2 aromatic rings. The number of halogens is 1. The van der Waals surface area contributed by atoms with Crippen LogP contribution in [0.25, 0.3) is 5.52 Å². The number of hydrogen-bond acceptors (Lipinski definition) is 4. The largest absolute Gasteiger partial charge is 0.475 e. The van der Waals surface area contributed by atoms with E-state index < -0.39 is 5.97 Å². The molecule has 0 spiro atoms. The maximum atomic E-state index is 10.8. The number of carbonyl (C=O) groups is 1. The minimum atomic E-state index is -1.11. The molecule has 0 aromatic carbocycles. The van der Waals surface area contributed by atoms with Gasteiger partial charge in [-0.2, -0.15) is 0 Å². The monoisotopic (exact) mass is 256 g/mol. The zero-order valence-corrected chi connectivity index (χ0v) is 8.39. The second-order valence-electron chi connectivity index (χ2n) is 2.56. The number of aromatic carboxylic acids is 1. The van der Waals surface area contributed by atoms with Crippen LogP contribution < -0.4 is 5.73 Å². The molecule has 2 aromatic heterocycles. The number of aromatic nitrogens is 3. The summed E-state index contributed by atoms with van der Waals surface area (Å²) in [4.78, 5) is 18.4. The van der Waals surface area contributed by atoms with Crippen molar-refractivity contribution in [2.45, 2.75) is 0 Å². The molecule has 0 unspecified atom stereocenters. The molecule has 6 nitrogen and oxygen atoms in total. The summed E-state index contributed by atoms with van der Waals surface area (Å²) in [7, 11) is 0. The predicted molar refractivity (Wildman–Crippen MR) is 52.1 cm³/mol. The Morgan fingerprint density at radius 2 is 2.36 bits per heavy atom. The number of carboxylic acids is 1. The number of nitrogens with two attached hydrogens (primary N) is 1. The van der Waals surface area contributed by atoms with E-state index in [1.165, 1.54) is 16.8 Å². The van der Waals surface area contributed by atoms with Crippen molar-refractivity contribution in [2.75, 3.05) is 5.73 Å². The molecular weight excluding hydrogens is 252 g/mol. The summed E-state index contributed by atoms with van der Waals surface area (Å²) in [6.07, 6.45) is 2.91. The molecule has 2 rings (SSSR count). The number of imidazole rings is 1. The van der Waals surface area contributed by atoms with Gasteiger partial charge in [-0.3, -0.25) is 4.40 Å². The first-order valence-corrected chi connectivity index (χ1v) is 4.42. The summed E-state index contributed by atoms with van der Waals surface area (Å²) in [5.41, 5.74) is 6.04. The fraction of sp³-hybridized carbons (Fsp3) is 0. The molecule has 0 aliphatic heterocycles. The van der Waals surface area contributed by atoms with Crippen LogP contribution in [0.3, 0.4) is 0 Å². The second kappa shape index (κ2) is 2.95. The topological polar surface area (TPSA) is 93.5 Å². The summed E-state index contributed by atoms with van der Waals surface area (Å²) in [5, 5.41) is 8.82. The number of fused-ring (bicyclic) bond motifs is 1. The molecule has 14 heavy (non-hydrogen) atoms. The van der Waals surface area contributed by atoms with Gasteiger partial charge in [0.15, 0.2) is 5.82 Å². The molecule has 0 radical (unpaired) electrons. The third-order valence-electron chi connectivity index (χ3n) is 1.73. The van der Waals surface area contributed by atoms with Crippen LogP contribution in [-0.2, 0) is 0 Å². The molecule has 7 heteroatoms. The zero-order chi connectivity index (χ0) is 10.3. The van der Waals surface area contributed by atoms with Crippen molar-refractivity contribution in [1.29, 1.82) is 0 Å². The minimum Gasteiger partial charge on any atom is -0.475 e. The number of hydrogen-bond donors (Lipinski definition) is 2. The quantitative estimate of drug-likeness (QED) is 0.786. The summed E-state index contributed by atoms with van der Waals surface area (Å²) >= 11 is 3.12. The molecule has 0 aliphatic rings. The first kappa shape index (κ1) is 8.95. The molecular formula is C7H5BrN4O2. The van der Waals surface area contributed by atoms with E-state index in [9.17, 15) is 4.79 Å². The van der Waals surface area contributed by atoms with E-state index in [1.54, 1.807) is 0 Å². The molecule has 72 valence electrons. The van der Waals surface area contributed by atoms with Gasteiger partial charge in [-0.15, -0.1) is 0 Å². The fourth-order valence-electron chi connectivity index (χ4n) is 1.17. The summed E-state index contributed by atoms with van der Waals surface area (Å²) < 4.78 is 1.75. The highest BCUT2D eigenvalue weighted by atomic mass is 79.9. The van der Waals surface area contributed by atoms with Gasteiger partial charge < -0.3 is 10.8 Å². The summed E-state index contributed by atoms with van der Waals surface area (Å²) in [6, 6.07) is 0. The Morgan fingerprint density at radius 3 is 3.00 bits per heavy atom. The van der Waals surface area contributed by atoms with Crippen LogP contribution in [0.15, 0.2) is 17.0 Å². The lowest BCUT2D eigenvalue weighted by Crippen LogP contribution is -2.04. The number of nitrogen functional groups attached to an aromatic ring is 1. The van der Waals surface area contributed by atoms with Gasteiger partial charge in [-0.1, -0.05) is 0 Å². The third-order valence-corrected chi connectivity index (χ3v) is 2.28. The smallest absolute Gasteiger partial charge is 0.372 e. The Hall–Kier alpha value is -1.63. The van der Waals surface area contributed by atoms with Gasteiger partial charge in [0.05, 0.1) is 0 Å². The first-order chi connectivity index (χ1) is 6.61. The second-order valence-corrected chi connectivity index (χ2v) is 3.31. The predicted octanol–water partition coefficient (Wildman–Crippen LogP) is 0.772.